The molecule has 1 atom stereocenters. The number of benzene rings is 1. The molecule has 2 rings (SSSR count). The van der Waals surface area contributed by atoms with E-state index in [0.717, 1.165) is 5.69 Å². The molecule has 0 aliphatic carbocycles. The second-order valence-corrected chi connectivity index (χ2v) is 4.76. The predicted molar refractivity (Wildman–Crippen MR) is 69.4 cm³/mol. The van der Waals surface area contributed by atoms with Crippen molar-refractivity contribution in [3.05, 3.63) is 29.3 Å². The molecule has 16 heavy (non-hydrogen) atoms. The van der Waals surface area contributed by atoms with E-state index in [2.05, 4.69) is 30.9 Å². The van der Waals surface area contributed by atoms with Crippen LogP contribution < -0.4 is 5.73 Å². The maximum absolute atomic E-state index is 5.99. The summed E-state index contributed by atoms with van der Waals surface area (Å²) in [5, 5.41) is 0. The summed E-state index contributed by atoms with van der Waals surface area (Å²) < 4.78 is 0. The number of nitrogens with two attached hydrogens (primary N) is 1. The SMILES string of the molecule is CCCN1CCCC1c1cccc(N)c1C. The minimum Gasteiger partial charge on any atom is -0.399 e. The van der Waals surface area contributed by atoms with Crippen LogP contribution in [0.25, 0.3) is 0 Å². The molecular weight excluding hydrogens is 196 g/mol. The maximum Gasteiger partial charge on any atom is 0.0351 e. The molecule has 2 heteroatoms. The summed E-state index contributed by atoms with van der Waals surface area (Å²) in [5.74, 6) is 0. The van der Waals surface area contributed by atoms with Gasteiger partial charge in [0, 0.05) is 11.7 Å². The van der Waals surface area contributed by atoms with E-state index < -0.39 is 0 Å². The highest BCUT2D eigenvalue weighted by Crippen LogP contribution is 2.34. The van der Waals surface area contributed by atoms with E-state index in [1.165, 1.54) is 43.5 Å². The van der Waals surface area contributed by atoms with Gasteiger partial charge in [-0.1, -0.05) is 19.1 Å². The van der Waals surface area contributed by atoms with Gasteiger partial charge in [-0.15, -0.1) is 0 Å². The van der Waals surface area contributed by atoms with Gasteiger partial charge in [-0.2, -0.15) is 0 Å². The third-order valence-corrected chi connectivity index (χ3v) is 3.65. The Balaban J connectivity index is 2.25. The molecule has 0 amide bonds. The number of hydrogen-bond donors (Lipinski definition) is 1. The fourth-order valence-electron chi connectivity index (χ4n) is 2.77. The highest BCUT2D eigenvalue weighted by molar-refractivity contribution is 5.51. The van der Waals surface area contributed by atoms with E-state index in [9.17, 15) is 0 Å². The summed E-state index contributed by atoms with van der Waals surface area (Å²) >= 11 is 0. The minimum absolute atomic E-state index is 0.600. The van der Waals surface area contributed by atoms with Crippen molar-refractivity contribution in [2.24, 2.45) is 0 Å². The van der Waals surface area contributed by atoms with Gasteiger partial charge in [-0.25, -0.2) is 0 Å². The monoisotopic (exact) mass is 218 g/mol. The molecule has 0 bridgehead atoms. The Morgan fingerprint density at radius 3 is 3.00 bits per heavy atom. The molecule has 1 fully saturated rings. The molecular formula is C14H22N2. The predicted octanol–water partition coefficient (Wildman–Crippen LogP) is 3.12. The molecule has 0 radical (unpaired) electrons. The summed E-state index contributed by atoms with van der Waals surface area (Å²) in [5.41, 5.74) is 9.63. The van der Waals surface area contributed by atoms with E-state index in [1.807, 2.05) is 6.07 Å². The number of nitrogens with zero attached hydrogens (tertiary/aromatic N) is 1. The van der Waals surface area contributed by atoms with Crippen LogP contribution in [0.3, 0.4) is 0 Å². The smallest absolute Gasteiger partial charge is 0.0351 e. The molecule has 2 nitrogen and oxygen atoms in total. The van der Waals surface area contributed by atoms with Crippen molar-refractivity contribution in [1.82, 2.24) is 4.90 Å². The fourth-order valence-corrected chi connectivity index (χ4v) is 2.77. The molecule has 1 unspecified atom stereocenters. The van der Waals surface area contributed by atoms with E-state index in [4.69, 9.17) is 5.73 Å². The highest BCUT2D eigenvalue weighted by Gasteiger charge is 2.26. The standard InChI is InChI=1S/C14H22N2/c1-3-9-16-10-5-8-14(16)12-6-4-7-13(15)11(12)2/h4,6-7,14H,3,5,8-10,15H2,1-2H3. The maximum atomic E-state index is 5.99. The molecule has 0 aromatic heterocycles. The summed E-state index contributed by atoms with van der Waals surface area (Å²) in [6.07, 6.45) is 3.83. The summed E-state index contributed by atoms with van der Waals surface area (Å²) in [6.45, 7) is 6.85. The van der Waals surface area contributed by atoms with Crippen LogP contribution in [0.15, 0.2) is 18.2 Å². The third-order valence-electron chi connectivity index (χ3n) is 3.65. The number of likely N-dealkylation sites (tertiary alicyclic amines) is 1. The van der Waals surface area contributed by atoms with Gasteiger partial charge < -0.3 is 5.73 Å². The molecule has 0 saturated carbocycles. The van der Waals surface area contributed by atoms with Crippen LogP contribution in [-0.2, 0) is 0 Å². The van der Waals surface area contributed by atoms with Gasteiger partial charge in [0.1, 0.15) is 0 Å². The molecule has 1 aliphatic rings. The average Bonchev–Trinajstić information content (AvgIpc) is 2.71. The zero-order valence-corrected chi connectivity index (χ0v) is 10.4. The summed E-state index contributed by atoms with van der Waals surface area (Å²) in [4.78, 5) is 2.60. The average molecular weight is 218 g/mol. The van der Waals surface area contributed by atoms with Crippen molar-refractivity contribution >= 4 is 5.69 Å². The van der Waals surface area contributed by atoms with Gasteiger partial charge in [0.25, 0.3) is 0 Å². The van der Waals surface area contributed by atoms with Gasteiger partial charge in [-0.05, 0) is 56.5 Å². The molecule has 0 spiro atoms. The molecule has 1 heterocycles. The molecule has 1 saturated heterocycles. The van der Waals surface area contributed by atoms with Gasteiger partial charge in [0.2, 0.25) is 0 Å². The Morgan fingerprint density at radius 1 is 1.44 bits per heavy atom. The van der Waals surface area contributed by atoms with Gasteiger partial charge in [-0.3, -0.25) is 4.90 Å². The van der Waals surface area contributed by atoms with Gasteiger partial charge in [0.15, 0.2) is 0 Å². The Bertz CT molecular complexity index is 360. The Morgan fingerprint density at radius 2 is 2.25 bits per heavy atom. The van der Waals surface area contributed by atoms with Crippen LogP contribution in [0.2, 0.25) is 0 Å². The normalized spacial score (nSPS) is 21.5. The van der Waals surface area contributed by atoms with E-state index in [1.54, 1.807) is 0 Å². The van der Waals surface area contributed by atoms with Crippen molar-refractivity contribution in [1.29, 1.82) is 0 Å². The third kappa shape index (κ3) is 2.07. The van der Waals surface area contributed by atoms with Crippen LogP contribution >= 0.6 is 0 Å². The zero-order chi connectivity index (χ0) is 11.5. The fraction of sp³-hybridized carbons (Fsp3) is 0.571. The second-order valence-electron chi connectivity index (χ2n) is 4.76. The molecule has 88 valence electrons. The van der Waals surface area contributed by atoms with E-state index >= 15 is 0 Å². The van der Waals surface area contributed by atoms with Gasteiger partial charge in [0.05, 0.1) is 0 Å². The lowest BCUT2D eigenvalue weighted by molar-refractivity contribution is 0.257. The largest absolute Gasteiger partial charge is 0.399 e. The van der Waals surface area contributed by atoms with Crippen molar-refractivity contribution < 1.29 is 0 Å². The topological polar surface area (TPSA) is 29.3 Å². The first kappa shape index (κ1) is 11.5. The summed E-state index contributed by atoms with van der Waals surface area (Å²) in [6, 6.07) is 6.92. The van der Waals surface area contributed by atoms with E-state index in [-0.39, 0.29) is 0 Å². The first-order valence-electron chi connectivity index (χ1n) is 6.33. The zero-order valence-electron chi connectivity index (χ0n) is 10.4. The van der Waals surface area contributed by atoms with Crippen molar-refractivity contribution in [2.45, 2.75) is 39.2 Å². The molecule has 2 N–H and O–H groups in total. The summed E-state index contributed by atoms with van der Waals surface area (Å²) in [7, 11) is 0. The number of rotatable bonds is 3. The molecule has 1 aromatic carbocycles. The Labute approximate surface area is 98.4 Å². The van der Waals surface area contributed by atoms with Crippen LogP contribution in [0.1, 0.15) is 43.4 Å². The van der Waals surface area contributed by atoms with Crippen molar-refractivity contribution in [2.75, 3.05) is 18.8 Å². The molecule has 1 aliphatic heterocycles. The number of hydrogen-bond acceptors (Lipinski definition) is 2. The Kier molecular flexibility index (Phi) is 3.49. The van der Waals surface area contributed by atoms with E-state index in [0.29, 0.717) is 6.04 Å². The van der Waals surface area contributed by atoms with Crippen LogP contribution in [0, 0.1) is 6.92 Å². The first-order chi connectivity index (χ1) is 7.74. The number of anilines is 1. The lowest BCUT2D eigenvalue weighted by Crippen LogP contribution is -2.24. The van der Waals surface area contributed by atoms with Crippen molar-refractivity contribution in [3.63, 3.8) is 0 Å². The number of nitrogen functional groups attached to an aromatic ring is 1. The molecule has 1 aromatic rings. The lowest BCUT2D eigenvalue weighted by Gasteiger charge is -2.26. The Hall–Kier alpha value is -1.02. The van der Waals surface area contributed by atoms with Crippen LogP contribution in [0.4, 0.5) is 5.69 Å². The van der Waals surface area contributed by atoms with Crippen LogP contribution in [-0.4, -0.2) is 18.0 Å². The first-order valence-corrected chi connectivity index (χ1v) is 6.33. The van der Waals surface area contributed by atoms with Crippen LogP contribution in [0.5, 0.6) is 0 Å². The minimum atomic E-state index is 0.600. The second kappa shape index (κ2) is 4.88. The van der Waals surface area contributed by atoms with Gasteiger partial charge >= 0.3 is 0 Å². The van der Waals surface area contributed by atoms with Crippen molar-refractivity contribution in [3.8, 4) is 0 Å². The lowest BCUT2D eigenvalue weighted by atomic mass is 9.98. The quantitative estimate of drug-likeness (QED) is 0.790. The highest BCUT2D eigenvalue weighted by atomic mass is 15.2.